The Bertz CT molecular complexity index is 490. The fourth-order valence-corrected chi connectivity index (χ4v) is 1.50. The van der Waals surface area contributed by atoms with Gasteiger partial charge in [0, 0.05) is 11.8 Å². The third kappa shape index (κ3) is 3.54. The number of nitrogens with two attached hydrogens (primary N) is 1. The predicted octanol–water partition coefficient (Wildman–Crippen LogP) is 2.09. The van der Waals surface area contributed by atoms with E-state index in [9.17, 15) is 14.9 Å². The third-order valence-corrected chi connectivity index (χ3v) is 2.47. The first-order valence-corrected chi connectivity index (χ1v) is 5.44. The van der Waals surface area contributed by atoms with E-state index in [1.165, 1.54) is 24.3 Å². The van der Waals surface area contributed by atoms with Gasteiger partial charge in [0.2, 0.25) is 5.91 Å². The number of amides is 1. The lowest BCUT2D eigenvalue weighted by Gasteiger charge is -2.10. The second kappa shape index (κ2) is 6.13. The Morgan fingerprint density at radius 1 is 1.67 bits per heavy atom. The molecule has 18 heavy (non-hydrogen) atoms. The molecule has 0 spiro atoms. The minimum atomic E-state index is -0.712. The molecule has 1 amide bonds. The lowest BCUT2D eigenvalue weighted by Crippen LogP contribution is -2.35. The number of nitrogens with zero attached hydrogens (tertiary/aromatic N) is 1. The number of nitro groups is 1. The number of hydrogen-bond donors (Lipinski definition) is 2. The number of carbonyl (C=O) groups excluding carboxylic acids is 1. The SMILES string of the molecule is C=CCC(N)C(=O)Nc1ccc([N+](=O)[O-])c(Cl)c1. The molecule has 0 bridgehead atoms. The van der Waals surface area contributed by atoms with Crippen LogP contribution in [0, 0.1) is 10.1 Å². The molecule has 6 nitrogen and oxygen atoms in total. The summed E-state index contributed by atoms with van der Waals surface area (Å²) >= 11 is 5.71. The van der Waals surface area contributed by atoms with E-state index in [1.54, 1.807) is 0 Å². The van der Waals surface area contributed by atoms with Crippen molar-refractivity contribution in [3.8, 4) is 0 Å². The molecule has 0 aliphatic rings. The molecule has 0 heterocycles. The summed E-state index contributed by atoms with van der Waals surface area (Å²) in [6.07, 6.45) is 1.87. The van der Waals surface area contributed by atoms with Gasteiger partial charge in [0.15, 0.2) is 0 Å². The number of rotatable bonds is 5. The summed E-state index contributed by atoms with van der Waals surface area (Å²) in [7, 11) is 0. The monoisotopic (exact) mass is 269 g/mol. The molecule has 0 saturated carbocycles. The zero-order valence-electron chi connectivity index (χ0n) is 9.43. The number of halogens is 1. The van der Waals surface area contributed by atoms with Crippen molar-refractivity contribution in [2.24, 2.45) is 5.73 Å². The van der Waals surface area contributed by atoms with Gasteiger partial charge in [-0.05, 0) is 18.6 Å². The van der Waals surface area contributed by atoms with Crippen molar-refractivity contribution in [2.75, 3.05) is 5.32 Å². The highest BCUT2D eigenvalue weighted by Gasteiger charge is 2.15. The first-order chi connectivity index (χ1) is 8.45. The maximum absolute atomic E-state index is 11.6. The number of carbonyl (C=O) groups is 1. The van der Waals surface area contributed by atoms with Gasteiger partial charge in [-0.2, -0.15) is 0 Å². The van der Waals surface area contributed by atoms with Crippen LogP contribution in [0.2, 0.25) is 5.02 Å². The molecular formula is C11H12ClN3O3. The standard InChI is InChI=1S/C11H12ClN3O3/c1-2-3-9(13)11(16)14-7-4-5-10(15(17)18)8(12)6-7/h2,4-6,9H,1,3,13H2,(H,14,16). The Hall–Kier alpha value is -1.92. The normalized spacial score (nSPS) is 11.7. The van der Waals surface area contributed by atoms with E-state index >= 15 is 0 Å². The highest BCUT2D eigenvalue weighted by Crippen LogP contribution is 2.27. The maximum atomic E-state index is 11.6. The van der Waals surface area contributed by atoms with Crippen LogP contribution in [0.5, 0.6) is 0 Å². The van der Waals surface area contributed by atoms with E-state index in [-0.39, 0.29) is 10.7 Å². The zero-order valence-corrected chi connectivity index (χ0v) is 10.2. The average Bonchev–Trinajstić information content (AvgIpc) is 2.28. The molecule has 1 atom stereocenters. The van der Waals surface area contributed by atoms with Crippen LogP contribution in [0.1, 0.15) is 6.42 Å². The molecule has 0 radical (unpaired) electrons. The summed E-state index contributed by atoms with van der Waals surface area (Å²) in [6.45, 7) is 3.48. The molecule has 7 heteroatoms. The van der Waals surface area contributed by atoms with Crippen LogP contribution < -0.4 is 11.1 Å². The predicted molar refractivity (Wildman–Crippen MR) is 69.5 cm³/mol. The molecule has 0 aliphatic carbocycles. The van der Waals surface area contributed by atoms with Crippen LogP contribution in [0.25, 0.3) is 0 Å². The Kier molecular flexibility index (Phi) is 4.82. The van der Waals surface area contributed by atoms with Crippen LogP contribution in [0.3, 0.4) is 0 Å². The van der Waals surface area contributed by atoms with E-state index in [0.717, 1.165) is 0 Å². The number of anilines is 1. The second-order valence-corrected chi connectivity index (χ2v) is 3.95. The molecule has 0 saturated heterocycles. The summed E-state index contributed by atoms with van der Waals surface area (Å²) in [4.78, 5) is 21.5. The second-order valence-electron chi connectivity index (χ2n) is 3.54. The van der Waals surface area contributed by atoms with Crippen LogP contribution in [-0.2, 0) is 4.79 Å². The van der Waals surface area contributed by atoms with E-state index < -0.39 is 16.9 Å². The average molecular weight is 270 g/mol. The molecule has 0 fully saturated rings. The highest BCUT2D eigenvalue weighted by atomic mass is 35.5. The van der Waals surface area contributed by atoms with E-state index in [4.69, 9.17) is 17.3 Å². The van der Waals surface area contributed by atoms with E-state index in [1.807, 2.05) is 0 Å². The van der Waals surface area contributed by atoms with Crippen LogP contribution in [-0.4, -0.2) is 16.9 Å². The fraction of sp³-hybridized carbons (Fsp3) is 0.182. The zero-order chi connectivity index (χ0) is 13.7. The molecule has 1 aromatic carbocycles. The lowest BCUT2D eigenvalue weighted by atomic mass is 10.2. The van der Waals surface area contributed by atoms with Gasteiger partial charge in [0.25, 0.3) is 5.69 Å². The van der Waals surface area contributed by atoms with Crippen molar-refractivity contribution in [2.45, 2.75) is 12.5 Å². The summed E-state index contributed by atoms with van der Waals surface area (Å²) in [6, 6.07) is 3.20. The Balaban J connectivity index is 2.80. The molecule has 96 valence electrons. The third-order valence-electron chi connectivity index (χ3n) is 2.17. The first kappa shape index (κ1) is 14.1. The molecule has 3 N–H and O–H groups in total. The topological polar surface area (TPSA) is 98.3 Å². The Morgan fingerprint density at radius 2 is 2.33 bits per heavy atom. The first-order valence-electron chi connectivity index (χ1n) is 5.07. The summed E-state index contributed by atoms with van der Waals surface area (Å²) in [5.74, 6) is -0.403. The number of hydrogen-bond acceptors (Lipinski definition) is 4. The fourth-order valence-electron chi connectivity index (χ4n) is 1.25. The molecule has 1 rings (SSSR count). The van der Waals surface area contributed by atoms with E-state index in [2.05, 4.69) is 11.9 Å². The Morgan fingerprint density at radius 3 is 2.83 bits per heavy atom. The van der Waals surface area contributed by atoms with Crippen molar-refractivity contribution < 1.29 is 9.72 Å². The Labute approximate surface area is 109 Å². The molecular weight excluding hydrogens is 258 g/mol. The minimum absolute atomic E-state index is 0.0462. The van der Waals surface area contributed by atoms with Gasteiger partial charge in [-0.25, -0.2) is 0 Å². The van der Waals surface area contributed by atoms with E-state index in [0.29, 0.717) is 12.1 Å². The van der Waals surface area contributed by atoms with Crippen LogP contribution in [0.4, 0.5) is 11.4 Å². The van der Waals surface area contributed by atoms with Gasteiger partial charge in [0.1, 0.15) is 5.02 Å². The van der Waals surface area contributed by atoms with Crippen molar-refractivity contribution in [3.05, 3.63) is 46.0 Å². The quantitative estimate of drug-likeness (QED) is 0.486. The van der Waals surface area contributed by atoms with Crippen molar-refractivity contribution >= 4 is 28.9 Å². The lowest BCUT2D eigenvalue weighted by molar-refractivity contribution is -0.384. The largest absolute Gasteiger partial charge is 0.325 e. The van der Waals surface area contributed by atoms with Gasteiger partial charge in [-0.3, -0.25) is 14.9 Å². The maximum Gasteiger partial charge on any atom is 0.288 e. The van der Waals surface area contributed by atoms with Crippen molar-refractivity contribution in [1.29, 1.82) is 0 Å². The van der Waals surface area contributed by atoms with Gasteiger partial charge >= 0.3 is 0 Å². The van der Waals surface area contributed by atoms with Crippen LogP contribution >= 0.6 is 11.6 Å². The van der Waals surface area contributed by atoms with Crippen LogP contribution in [0.15, 0.2) is 30.9 Å². The van der Waals surface area contributed by atoms with Gasteiger partial charge in [-0.15, -0.1) is 6.58 Å². The van der Waals surface area contributed by atoms with Crippen molar-refractivity contribution in [1.82, 2.24) is 0 Å². The number of benzene rings is 1. The molecule has 1 aromatic rings. The molecule has 1 unspecified atom stereocenters. The smallest absolute Gasteiger partial charge is 0.288 e. The summed E-state index contributed by atoms with van der Waals surface area (Å²) in [5.41, 5.74) is 5.71. The van der Waals surface area contributed by atoms with Gasteiger partial charge < -0.3 is 11.1 Å². The summed E-state index contributed by atoms with van der Waals surface area (Å²) < 4.78 is 0. The molecule has 0 aromatic heterocycles. The minimum Gasteiger partial charge on any atom is -0.325 e. The number of nitrogens with one attached hydrogen (secondary N) is 1. The number of nitro benzene ring substituents is 1. The van der Waals surface area contributed by atoms with Gasteiger partial charge in [0.05, 0.1) is 11.0 Å². The van der Waals surface area contributed by atoms with Crippen molar-refractivity contribution in [3.63, 3.8) is 0 Å². The molecule has 0 aliphatic heterocycles. The van der Waals surface area contributed by atoms with Gasteiger partial charge in [-0.1, -0.05) is 17.7 Å². The summed E-state index contributed by atoms with van der Waals surface area (Å²) in [5, 5.41) is 13.0. The highest BCUT2D eigenvalue weighted by molar-refractivity contribution is 6.33.